The van der Waals surface area contributed by atoms with Gasteiger partial charge in [-0.3, -0.25) is 0 Å². The van der Waals surface area contributed by atoms with Gasteiger partial charge in [-0.15, -0.1) is 0 Å². The fraction of sp³-hybridized carbons (Fsp3) is 0.429. The minimum absolute atomic E-state index is 0.107. The molecule has 3 heteroatoms. The lowest BCUT2D eigenvalue weighted by molar-refractivity contribution is -0.00288. The lowest BCUT2D eigenvalue weighted by Crippen LogP contribution is -2.11. The van der Waals surface area contributed by atoms with E-state index in [2.05, 4.69) is 0 Å². The van der Waals surface area contributed by atoms with Gasteiger partial charge in [0.15, 0.2) is 0 Å². The van der Waals surface area contributed by atoms with E-state index in [1.165, 1.54) is 0 Å². The molecule has 0 spiro atoms. The van der Waals surface area contributed by atoms with Crippen molar-refractivity contribution in [2.75, 3.05) is 6.61 Å². The van der Waals surface area contributed by atoms with E-state index in [-0.39, 0.29) is 12.7 Å². The zero-order chi connectivity index (χ0) is 12.4. The van der Waals surface area contributed by atoms with Crippen LogP contribution in [0.5, 0.6) is 0 Å². The molecule has 0 saturated heterocycles. The molecule has 0 aliphatic rings. The van der Waals surface area contributed by atoms with Crippen LogP contribution in [0.25, 0.3) is 11.0 Å². The van der Waals surface area contributed by atoms with E-state index in [9.17, 15) is 5.11 Å². The van der Waals surface area contributed by atoms with E-state index in [1.54, 1.807) is 0 Å². The van der Waals surface area contributed by atoms with Crippen molar-refractivity contribution in [2.24, 2.45) is 0 Å². The number of hydrogen-bond donors (Lipinski definition) is 1. The Balaban J connectivity index is 2.21. The predicted octanol–water partition coefficient (Wildman–Crippen LogP) is 3.20. The molecular weight excluding hydrogens is 216 g/mol. The number of aliphatic hydroxyl groups excluding tert-OH is 1. The summed E-state index contributed by atoms with van der Waals surface area (Å²) in [6.45, 7) is 6.13. The smallest absolute Gasteiger partial charge is 0.137 e. The highest BCUT2D eigenvalue weighted by Crippen LogP contribution is 2.26. The molecule has 0 saturated carbocycles. The molecule has 92 valence electrons. The molecule has 1 aromatic heterocycles. The van der Waals surface area contributed by atoms with Crippen LogP contribution in [0.3, 0.4) is 0 Å². The van der Waals surface area contributed by atoms with Gasteiger partial charge in [-0.05, 0) is 32.4 Å². The zero-order valence-corrected chi connectivity index (χ0v) is 10.4. The van der Waals surface area contributed by atoms with Crippen LogP contribution in [0.2, 0.25) is 0 Å². The van der Waals surface area contributed by atoms with E-state index in [1.807, 2.05) is 45.0 Å². The molecule has 0 radical (unpaired) electrons. The van der Waals surface area contributed by atoms with Crippen LogP contribution < -0.4 is 0 Å². The maximum Gasteiger partial charge on any atom is 0.137 e. The number of ether oxygens (including phenoxy) is 1. The van der Waals surface area contributed by atoms with Crippen molar-refractivity contribution in [1.29, 1.82) is 0 Å². The highest BCUT2D eigenvalue weighted by atomic mass is 16.5. The standard InChI is InChI=1S/C14H18O3/c1-9(2)16-8-12(15)13-7-11-6-4-5-10(3)14(11)17-13/h4-7,9,12,15H,8H2,1-3H3. The van der Waals surface area contributed by atoms with Crippen molar-refractivity contribution >= 4 is 11.0 Å². The van der Waals surface area contributed by atoms with Crippen LogP contribution in [-0.2, 0) is 4.74 Å². The third kappa shape index (κ3) is 2.68. The fourth-order valence-electron chi connectivity index (χ4n) is 1.76. The van der Waals surface area contributed by atoms with Crippen molar-refractivity contribution in [3.63, 3.8) is 0 Å². The lowest BCUT2D eigenvalue weighted by Gasteiger charge is -2.10. The fourth-order valence-corrected chi connectivity index (χ4v) is 1.76. The van der Waals surface area contributed by atoms with E-state index in [0.717, 1.165) is 16.5 Å². The Morgan fingerprint density at radius 2 is 2.12 bits per heavy atom. The molecule has 0 aliphatic carbocycles. The Kier molecular flexibility index (Phi) is 3.50. The highest BCUT2D eigenvalue weighted by Gasteiger charge is 2.14. The third-order valence-corrected chi connectivity index (χ3v) is 2.68. The highest BCUT2D eigenvalue weighted by molar-refractivity contribution is 5.80. The summed E-state index contributed by atoms with van der Waals surface area (Å²) in [7, 11) is 0. The second kappa shape index (κ2) is 4.90. The summed E-state index contributed by atoms with van der Waals surface area (Å²) in [5.41, 5.74) is 1.91. The summed E-state index contributed by atoms with van der Waals surface area (Å²) in [6, 6.07) is 7.82. The first-order valence-corrected chi connectivity index (χ1v) is 5.86. The van der Waals surface area contributed by atoms with E-state index in [0.29, 0.717) is 5.76 Å². The summed E-state index contributed by atoms with van der Waals surface area (Å²) in [6.07, 6.45) is -0.597. The molecule has 1 N–H and O–H groups in total. The van der Waals surface area contributed by atoms with E-state index >= 15 is 0 Å². The molecule has 0 aliphatic heterocycles. The van der Waals surface area contributed by atoms with Crippen molar-refractivity contribution in [3.05, 3.63) is 35.6 Å². The average Bonchev–Trinajstić information content (AvgIpc) is 2.71. The maximum atomic E-state index is 9.94. The van der Waals surface area contributed by atoms with E-state index < -0.39 is 6.10 Å². The second-order valence-corrected chi connectivity index (χ2v) is 4.54. The summed E-state index contributed by atoms with van der Waals surface area (Å²) in [5, 5.41) is 11.0. The van der Waals surface area contributed by atoms with Crippen LogP contribution >= 0.6 is 0 Å². The Hall–Kier alpha value is -1.32. The first-order chi connectivity index (χ1) is 8.08. The Labute approximate surface area is 101 Å². The van der Waals surface area contributed by atoms with Gasteiger partial charge in [0.2, 0.25) is 0 Å². The number of hydrogen-bond acceptors (Lipinski definition) is 3. The number of benzene rings is 1. The van der Waals surface area contributed by atoms with Crippen LogP contribution in [0.4, 0.5) is 0 Å². The molecule has 1 atom stereocenters. The minimum Gasteiger partial charge on any atom is -0.458 e. The predicted molar refractivity (Wildman–Crippen MR) is 67.0 cm³/mol. The normalized spacial score (nSPS) is 13.5. The number of fused-ring (bicyclic) bond motifs is 1. The molecular formula is C14H18O3. The molecule has 0 fully saturated rings. The van der Waals surface area contributed by atoms with Gasteiger partial charge in [0, 0.05) is 5.39 Å². The summed E-state index contributed by atoms with van der Waals surface area (Å²) >= 11 is 0. The number of aryl methyl sites for hydroxylation is 1. The lowest BCUT2D eigenvalue weighted by atomic mass is 10.2. The molecule has 0 amide bonds. The van der Waals surface area contributed by atoms with Crippen LogP contribution in [0, 0.1) is 6.92 Å². The summed E-state index contributed by atoms with van der Waals surface area (Å²) < 4.78 is 11.0. The Bertz CT molecular complexity index is 499. The van der Waals surface area contributed by atoms with Gasteiger partial charge in [0.1, 0.15) is 17.4 Å². The molecule has 0 bridgehead atoms. The quantitative estimate of drug-likeness (QED) is 0.883. The van der Waals surface area contributed by atoms with Crippen molar-refractivity contribution < 1.29 is 14.3 Å². The minimum atomic E-state index is -0.704. The molecule has 1 heterocycles. The number of rotatable bonds is 4. The Morgan fingerprint density at radius 1 is 1.35 bits per heavy atom. The number of aliphatic hydroxyl groups is 1. The number of para-hydroxylation sites is 1. The molecule has 1 unspecified atom stereocenters. The summed E-state index contributed by atoms with van der Waals surface area (Å²) in [5.74, 6) is 0.565. The second-order valence-electron chi connectivity index (χ2n) is 4.54. The van der Waals surface area contributed by atoms with Gasteiger partial charge in [-0.1, -0.05) is 18.2 Å². The van der Waals surface area contributed by atoms with Gasteiger partial charge in [-0.25, -0.2) is 0 Å². The Morgan fingerprint density at radius 3 is 2.76 bits per heavy atom. The maximum absolute atomic E-state index is 9.94. The summed E-state index contributed by atoms with van der Waals surface area (Å²) in [4.78, 5) is 0. The van der Waals surface area contributed by atoms with Crippen molar-refractivity contribution in [1.82, 2.24) is 0 Å². The van der Waals surface area contributed by atoms with Crippen LogP contribution in [-0.4, -0.2) is 17.8 Å². The van der Waals surface area contributed by atoms with Gasteiger partial charge in [0.25, 0.3) is 0 Å². The van der Waals surface area contributed by atoms with Crippen LogP contribution in [0.1, 0.15) is 31.3 Å². The van der Waals surface area contributed by atoms with Crippen molar-refractivity contribution in [3.8, 4) is 0 Å². The van der Waals surface area contributed by atoms with Gasteiger partial charge >= 0.3 is 0 Å². The van der Waals surface area contributed by atoms with Gasteiger partial charge < -0.3 is 14.3 Å². The van der Waals surface area contributed by atoms with Gasteiger partial charge in [0.05, 0.1) is 12.7 Å². The first kappa shape index (κ1) is 12.1. The van der Waals surface area contributed by atoms with E-state index in [4.69, 9.17) is 9.15 Å². The molecule has 3 nitrogen and oxygen atoms in total. The van der Waals surface area contributed by atoms with Gasteiger partial charge in [-0.2, -0.15) is 0 Å². The largest absolute Gasteiger partial charge is 0.458 e. The zero-order valence-electron chi connectivity index (χ0n) is 10.4. The monoisotopic (exact) mass is 234 g/mol. The molecule has 17 heavy (non-hydrogen) atoms. The average molecular weight is 234 g/mol. The SMILES string of the molecule is Cc1cccc2cc(C(O)COC(C)C)oc12. The first-order valence-electron chi connectivity index (χ1n) is 5.86. The topological polar surface area (TPSA) is 42.6 Å². The molecule has 2 aromatic rings. The van der Waals surface area contributed by atoms with Crippen LogP contribution in [0.15, 0.2) is 28.7 Å². The molecule has 2 rings (SSSR count). The third-order valence-electron chi connectivity index (χ3n) is 2.68. The van der Waals surface area contributed by atoms with Crippen molar-refractivity contribution in [2.45, 2.75) is 33.0 Å². The molecule has 1 aromatic carbocycles. The number of furan rings is 1.